The maximum Gasteiger partial charge on any atom is 0.127 e. The van der Waals surface area contributed by atoms with Gasteiger partial charge in [0.15, 0.2) is 0 Å². The fourth-order valence-electron chi connectivity index (χ4n) is 2.74. The van der Waals surface area contributed by atoms with Gasteiger partial charge in [-0.3, -0.25) is 4.90 Å². The Hall–Kier alpha value is -1.00. The highest BCUT2D eigenvalue weighted by atomic mass is 19.1. The van der Waals surface area contributed by atoms with Crippen LogP contribution in [0.2, 0.25) is 0 Å². The van der Waals surface area contributed by atoms with Crippen molar-refractivity contribution in [2.45, 2.75) is 32.7 Å². The quantitative estimate of drug-likeness (QED) is 0.806. The largest absolute Gasteiger partial charge is 0.316 e. The van der Waals surface area contributed by atoms with E-state index in [4.69, 9.17) is 0 Å². The van der Waals surface area contributed by atoms with Gasteiger partial charge in [0.1, 0.15) is 11.6 Å². The van der Waals surface area contributed by atoms with Gasteiger partial charge in [-0.15, -0.1) is 0 Å². The normalized spacial score (nSPS) is 17.6. The van der Waals surface area contributed by atoms with Crippen LogP contribution in [0.4, 0.5) is 8.78 Å². The van der Waals surface area contributed by atoms with E-state index in [1.165, 1.54) is 18.2 Å². The number of likely N-dealkylation sites (tertiary alicyclic amines) is 1. The van der Waals surface area contributed by atoms with Crippen LogP contribution in [0.3, 0.4) is 0 Å². The van der Waals surface area contributed by atoms with Crippen molar-refractivity contribution in [3.05, 3.63) is 35.4 Å². The van der Waals surface area contributed by atoms with E-state index in [-0.39, 0.29) is 11.6 Å². The Morgan fingerprint density at radius 3 is 2.70 bits per heavy atom. The summed E-state index contributed by atoms with van der Waals surface area (Å²) in [5.41, 5.74) is 0.465. The van der Waals surface area contributed by atoms with Crippen molar-refractivity contribution < 1.29 is 8.78 Å². The van der Waals surface area contributed by atoms with E-state index in [0.29, 0.717) is 12.1 Å². The van der Waals surface area contributed by atoms with Crippen molar-refractivity contribution in [1.82, 2.24) is 10.2 Å². The van der Waals surface area contributed by atoms with Gasteiger partial charge in [-0.05, 0) is 69.6 Å². The van der Waals surface area contributed by atoms with Crippen molar-refractivity contribution in [2.75, 3.05) is 26.2 Å². The second-order valence-electron chi connectivity index (χ2n) is 5.66. The zero-order chi connectivity index (χ0) is 14.4. The van der Waals surface area contributed by atoms with Crippen LogP contribution >= 0.6 is 0 Å². The Balaban J connectivity index is 1.78. The smallest absolute Gasteiger partial charge is 0.127 e. The topological polar surface area (TPSA) is 15.3 Å². The maximum absolute atomic E-state index is 13.6. The first-order valence-electron chi connectivity index (χ1n) is 7.56. The number of nitrogens with zero attached hydrogens (tertiary/aromatic N) is 1. The molecule has 0 spiro atoms. The molecule has 0 radical (unpaired) electrons. The molecule has 1 aliphatic rings. The minimum Gasteiger partial charge on any atom is -0.316 e. The molecule has 0 amide bonds. The third-order valence-corrected chi connectivity index (χ3v) is 3.97. The predicted molar refractivity (Wildman–Crippen MR) is 77.5 cm³/mol. The fourth-order valence-corrected chi connectivity index (χ4v) is 2.74. The molecule has 1 fully saturated rings. The summed E-state index contributed by atoms with van der Waals surface area (Å²) in [6.45, 7) is 6.77. The van der Waals surface area contributed by atoms with Crippen molar-refractivity contribution in [1.29, 1.82) is 0 Å². The van der Waals surface area contributed by atoms with Crippen LogP contribution < -0.4 is 5.32 Å². The van der Waals surface area contributed by atoms with E-state index in [0.717, 1.165) is 51.4 Å². The molecule has 1 heterocycles. The first-order chi connectivity index (χ1) is 9.69. The van der Waals surface area contributed by atoms with Crippen LogP contribution in [-0.2, 0) is 6.54 Å². The first kappa shape index (κ1) is 15.4. The summed E-state index contributed by atoms with van der Waals surface area (Å²) in [5, 5.41) is 3.46. The van der Waals surface area contributed by atoms with E-state index in [1.54, 1.807) is 0 Å². The summed E-state index contributed by atoms with van der Waals surface area (Å²) >= 11 is 0. The summed E-state index contributed by atoms with van der Waals surface area (Å²) in [4.78, 5) is 2.22. The average Bonchev–Trinajstić information content (AvgIpc) is 2.45. The molecule has 0 unspecified atom stereocenters. The lowest BCUT2D eigenvalue weighted by atomic mass is 9.96. The summed E-state index contributed by atoms with van der Waals surface area (Å²) in [6.07, 6.45) is 3.43. The Kier molecular flexibility index (Phi) is 5.92. The van der Waals surface area contributed by atoms with Crippen LogP contribution in [0.5, 0.6) is 0 Å². The zero-order valence-corrected chi connectivity index (χ0v) is 12.2. The first-order valence-corrected chi connectivity index (χ1v) is 7.56. The third-order valence-electron chi connectivity index (χ3n) is 3.97. The molecular formula is C16H24F2N2. The number of nitrogens with one attached hydrogen (secondary N) is 1. The van der Waals surface area contributed by atoms with Crippen LogP contribution in [-0.4, -0.2) is 31.1 Å². The molecule has 1 saturated heterocycles. The molecule has 0 atom stereocenters. The second-order valence-corrected chi connectivity index (χ2v) is 5.66. The van der Waals surface area contributed by atoms with Gasteiger partial charge in [-0.1, -0.05) is 6.92 Å². The van der Waals surface area contributed by atoms with Crippen LogP contribution in [0.25, 0.3) is 0 Å². The predicted octanol–water partition coefficient (Wildman–Crippen LogP) is 3.18. The second kappa shape index (κ2) is 7.70. The summed E-state index contributed by atoms with van der Waals surface area (Å²) in [6, 6.07) is 3.70. The van der Waals surface area contributed by atoms with E-state index < -0.39 is 0 Å². The van der Waals surface area contributed by atoms with E-state index in [1.807, 2.05) is 0 Å². The molecule has 2 nitrogen and oxygen atoms in total. The molecule has 0 saturated carbocycles. The lowest BCUT2D eigenvalue weighted by molar-refractivity contribution is 0.173. The zero-order valence-electron chi connectivity index (χ0n) is 12.2. The minimum atomic E-state index is -0.361. The minimum absolute atomic E-state index is 0.307. The highest BCUT2D eigenvalue weighted by molar-refractivity contribution is 5.18. The standard InChI is InChI=1S/C16H24F2N2/c1-2-7-19-11-13-5-8-20(9-6-13)12-14-10-15(17)3-4-16(14)18/h3-4,10,13,19H,2,5-9,11-12H2,1H3. The number of halogens is 2. The van der Waals surface area contributed by atoms with Crippen molar-refractivity contribution in [3.8, 4) is 0 Å². The number of rotatable bonds is 6. The van der Waals surface area contributed by atoms with E-state index >= 15 is 0 Å². The molecular weight excluding hydrogens is 258 g/mol. The van der Waals surface area contributed by atoms with Crippen molar-refractivity contribution in [3.63, 3.8) is 0 Å². The molecule has 1 N–H and O–H groups in total. The van der Waals surface area contributed by atoms with Gasteiger partial charge in [-0.2, -0.15) is 0 Å². The Bertz CT molecular complexity index is 415. The van der Waals surface area contributed by atoms with Crippen molar-refractivity contribution >= 4 is 0 Å². The molecule has 4 heteroatoms. The summed E-state index contributed by atoms with van der Waals surface area (Å²) in [7, 11) is 0. The third kappa shape index (κ3) is 4.53. The molecule has 2 rings (SSSR count). The molecule has 0 aromatic heterocycles. The van der Waals surface area contributed by atoms with E-state index in [2.05, 4.69) is 17.1 Å². The van der Waals surface area contributed by atoms with Gasteiger partial charge in [-0.25, -0.2) is 8.78 Å². The van der Waals surface area contributed by atoms with Gasteiger partial charge in [0.05, 0.1) is 0 Å². The van der Waals surface area contributed by atoms with Gasteiger partial charge in [0.25, 0.3) is 0 Å². The van der Waals surface area contributed by atoms with Gasteiger partial charge < -0.3 is 5.32 Å². The molecule has 1 aromatic rings. The van der Waals surface area contributed by atoms with Crippen LogP contribution in [0, 0.1) is 17.6 Å². The molecule has 20 heavy (non-hydrogen) atoms. The van der Waals surface area contributed by atoms with Gasteiger partial charge >= 0.3 is 0 Å². The molecule has 0 bridgehead atoms. The number of piperidine rings is 1. The van der Waals surface area contributed by atoms with Crippen molar-refractivity contribution in [2.24, 2.45) is 5.92 Å². The van der Waals surface area contributed by atoms with Crippen LogP contribution in [0.15, 0.2) is 18.2 Å². The van der Waals surface area contributed by atoms with Crippen LogP contribution in [0.1, 0.15) is 31.7 Å². The Labute approximate surface area is 120 Å². The molecule has 0 aliphatic carbocycles. The lowest BCUT2D eigenvalue weighted by Crippen LogP contribution is -2.37. The van der Waals surface area contributed by atoms with E-state index in [9.17, 15) is 8.78 Å². The summed E-state index contributed by atoms with van der Waals surface area (Å²) in [5.74, 6) is 0.0494. The number of hydrogen-bond donors (Lipinski definition) is 1. The molecule has 1 aromatic carbocycles. The molecule has 112 valence electrons. The average molecular weight is 282 g/mol. The number of benzene rings is 1. The van der Waals surface area contributed by atoms with Gasteiger partial charge in [0, 0.05) is 12.1 Å². The SMILES string of the molecule is CCCNCC1CCN(Cc2cc(F)ccc2F)CC1. The number of hydrogen-bond acceptors (Lipinski definition) is 2. The monoisotopic (exact) mass is 282 g/mol. The highest BCUT2D eigenvalue weighted by Gasteiger charge is 2.19. The Morgan fingerprint density at radius 2 is 2.00 bits per heavy atom. The summed E-state index contributed by atoms with van der Waals surface area (Å²) < 4.78 is 26.7. The highest BCUT2D eigenvalue weighted by Crippen LogP contribution is 2.20. The lowest BCUT2D eigenvalue weighted by Gasteiger charge is -2.32. The van der Waals surface area contributed by atoms with Gasteiger partial charge in [0.2, 0.25) is 0 Å². The Morgan fingerprint density at radius 1 is 1.25 bits per heavy atom. The fraction of sp³-hybridized carbons (Fsp3) is 0.625. The molecule has 1 aliphatic heterocycles. The maximum atomic E-state index is 13.6.